The van der Waals surface area contributed by atoms with E-state index in [2.05, 4.69) is 0 Å². The molecular weight excluding hydrogens is 184 g/mol. The lowest BCUT2D eigenvalue weighted by atomic mass is 10.1. The number of ketones is 1. The van der Waals surface area contributed by atoms with Crippen molar-refractivity contribution in [1.29, 1.82) is 0 Å². The first kappa shape index (κ1) is 9.86. The molecule has 3 heteroatoms. The molecule has 1 rings (SSSR count). The largest absolute Gasteiger partial charge is 0.298 e. The van der Waals surface area contributed by atoms with Crippen LogP contribution in [0.25, 0.3) is 6.08 Å². The second-order valence-electron chi connectivity index (χ2n) is 2.74. The van der Waals surface area contributed by atoms with Crippen LogP contribution < -0.4 is 0 Å². The molecule has 0 saturated carbocycles. The highest BCUT2D eigenvalue weighted by atomic mass is 32.1. The van der Waals surface area contributed by atoms with E-state index in [0.29, 0.717) is 11.1 Å². The Bertz CT molecular complexity index is 361. The summed E-state index contributed by atoms with van der Waals surface area (Å²) in [5.74, 6) is 0.0326. The highest BCUT2D eigenvalue weighted by Gasteiger charge is 2.02. The van der Waals surface area contributed by atoms with Crippen molar-refractivity contribution in [2.24, 2.45) is 0 Å². The Balaban J connectivity index is 3.03. The van der Waals surface area contributed by atoms with Crippen LogP contribution in [0.4, 0.5) is 0 Å². The molecule has 0 amide bonds. The van der Waals surface area contributed by atoms with E-state index in [0.717, 1.165) is 11.2 Å². The Hall–Kier alpha value is -1.22. The number of thiophene rings is 1. The molecule has 0 aliphatic carbocycles. The maximum Gasteiger partial charge on any atom is 0.155 e. The Labute approximate surface area is 80.9 Å². The van der Waals surface area contributed by atoms with Gasteiger partial charge in [-0.05, 0) is 36.9 Å². The summed E-state index contributed by atoms with van der Waals surface area (Å²) < 4.78 is 0. The van der Waals surface area contributed by atoms with Gasteiger partial charge in [0.2, 0.25) is 0 Å². The van der Waals surface area contributed by atoms with Crippen LogP contribution in [0.5, 0.6) is 0 Å². The summed E-state index contributed by atoms with van der Waals surface area (Å²) in [4.78, 5) is 22.3. The van der Waals surface area contributed by atoms with Crippen molar-refractivity contribution >= 4 is 29.5 Å². The van der Waals surface area contributed by atoms with Crippen molar-refractivity contribution in [2.45, 2.75) is 13.8 Å². The fraction of sp³-hybridized carbons (Fsp3) is 0.200. The highest BCUT2D eigenvalue weighted by Crippen LogP contribution is 2.18. The van der Waals surface area contributed by atoms with Crippen LogP contribution in [-0.2, 0) is 4.79 Å². The Kier molecular flexibility index (Phi) is 3.14. The normalized spacial score (nSPS) is 11.4. The first-order chi connectivity index (χ1) is 6.15. The predicted molar refractivity (Wildman–Crippen MR) is 54.0 cm³/mol. The molecular formula is C10H10O2S. The maximum atomic E-state index is 10.9. The minimum absolute atomic E-state index is 0.0326. The van der Waals surface area contributed by atoms with Crippen molar-refractivity contribution in [3.63, 3.8) is 0 Å². The molecule has 0 aliphatic heterocycles. The quantitative estimate of drug-likeness (QED) is 0.547. The van der Waals surface area contributed by atoms with E-state index in [-0.39, 0.29) is 5.78 Å². The molecule has 0 spiro atoms. The lowest BCUT2D eigenvalue weighted by Gasteiger charge is -1.93. The summed E-state index contributed by atoms with van der Waals surface area (Å²) in [6.45, 7) is 3.26. The summed E-state index contributed by atoms with van der Waals surface area (Å²) in [5.41, 5.74) is 1.32. The average Bonchev–Trinajstić information content (AvgIpc) is 2.51. The maximum absolute atomic E-state index is 10.9. The van der Waals surface area contributed by atoms with Gasteiger partial charge in [0.25, 0.3) is 0 Å². The van der Waals surface area contributed by atoms with Gasteiger partial charge in [-0.3, -0.25) is 9.59 Å². The van der Waals surface area contributed by atoms with Gasteiger partial charge in [0.1, 0.15) is 0 Å². The number of carbonyl (C=O) groups is 2. The summed E-state index contributed by atoms with van der Waals surface area (Å²) in [6.07, 6.45) is 2.55. The molecule has 0 fully saturated rings. The molecule has 1 aromatic rings. The number of carbonyl (C=O) groups excluding carboxylic acids is 2. The van der Waals surface area contributed by atoms with Gasteiger partial charge in [-0.15, -0.1) is 11.3 Å². The summed E-state index contributed by atoms with van der Waals surface area (Å²) in [5, 5.41) is 1.84. The zero-order valence-corrected chi connectivity index (χ0v) is 8.35. The molecule has 0 atom stereocenters. The lowest BCUT2D eigenvalue weighted by molar-refractivity contribution is -0.113. The standard InChI is InChI=1S/C10H10O2S/c1-7(8(2)12)5-10-9(6-11)3-4-13-10/h3-6H,1-2H3/b7-5+. The second-order valence-corrected chi connectivity index (χ2v) is 3.69. The van der Waals surface area contributed by atoms with Gasteiger partial charge in [0, 0.05) is 10.4 Å². The van der Waals surface area contributed by atoms with Crippen LogP contribution in [0.3, 0.4) is 0 Å². The van der Waals surface area contributed by atoms with Crippen LogP contribution in [0, 0.1) is 0 Å². The third-order valence-electron chi connectivity index (χ3n) is 1.76. The first-order valence-electron chi connectivity index (χ1n) is 3.87. The lowest BCUT2D eigenvalue weighted by Crippen LogP contribution is -1.90. The summed E-state index contributed by atoms with van der Waals surface area (Å²) in [7, 11) is 0. The molecule has 0 N–H and O–H groups in total. The Morgan fingerprint density at radius 1 is 1.46 bits per heavy atom. The molecule has 1 aromatic heterocycles. The van der Waals surface area contributed by atoms with Gasteiger partial charge < -0.3 is 0 Å². The van der Waals surface area contributed by atoms with E-state index in [1.165, 1.54) is 18.3 Å². The van der Waals surface area contributed by atoms with Gasteiger partial charge in [-0.2, -0.15) is 0 Å². The van der Waals surface area contributed by atoms with Crippen molar-refractivity contribution < 1.29 is 9.59 Å². The highest BCUT2D eigenvalue weighted by molar-refractivity contribution is 7.11. The monoisotopic (exact) mass is 194 g/mol. The van der Waals surface area contributed by atoms with Crippen molar-refractivity contribution in [3.8, 4) is 0 Å². The fourth-order valence-corrected chi connectivity index (χ4v) is 1.70. The van der Waals surface area contributed by atoms with Crippen LogP contribution in [-0.4, -0.2) is 12.1 Å². The second kappa shape index (κ2) is 4.14. The zero-order valence-electron chi connectivity index (χ0n) is 7.53. The number of aldehydes is 1. The third kappa shape index (κ3) is 2.36. The van der Waals surface area contributed by atoms with E-state index in [1.807, 2.05) is 5.38 Å². The minimum atomic E-state index is 0.0326. The first-order valence-corrected chi connectivity index (χ1v) is 4.75. The van der Waals surface area contributed by atoms with E-state index in [9.17, 15) is 9.59 Å². The molecule has 0 aromatic carbocycles. The topological polar surface area (TPSA) is 34.1 Å². The van der Waals surface area contributed by atoms with Crippen LogP contribution in [0.1, 0.15) is 29.1 Å². The number of Topliss-reactive ketones (excluding diaryl/α,β-unsaturated/α-hetero) is 1. The molecule has 0 unspecified atom stereocenters. The van der Waals surface area contributed by atoms with E-state index in [4.69, 9.17) is 0 Å². The van der Waals surface area contributed by atoms with E-state index < -0.39 is 0 Å². The molecule has 2 nitrogen and oxygen atoms in total. The smallest absolute Gasteiger partial charge is 0.155 e. The molecule has 0 radical (unpaired) electrons. The fourth-order valence-electron chi connectivity index (χ4n) is 0.844. The SMILES string of the molecule is CC(=O)/C(C)=C/c1sccc1C=O. The van der Waals surface area contributed by atoms with Gasteiger partial charge >= 0.3 is 0 Å². The van der Waals surface area contributed by atoms with Gasteiger partial charge in [-0.1, -0.05) is 0 Å². The third-order valence-corrected chi connectivity index (χ3v) is 2.64. The number of rotatable bonds is 3. The van der Waals surface area contributed by atoms with Gasteiger partial charge in [-0.25, -0.2) is 0 Å². The average molecular weight is 194 g/mol. The van der Waals surface area contributed by atoms with Crippen molar-refractivity contribution in [2.75, 3.05) is 0 Å². The van der Waals surface area contributed by atoms with Crippen molar-refractivity contribution in [1.82, 2.24) is 0 Å². The molecule has 13 heavy (non-hydrogen) atoms. The van der Waals surface area contributed by atoms with Crippen LogP contribution in [0.2, 0.25) is 0 Å². The Morgan fingerprint density at radius 3 is 2.69 bits per heavy atom. The Morgan fingerprint density at radius 2 is 2.15 bits per heavy atom. The number of hydrogen-bond acceptors (Lipinski definition) is 3. The van der Waals surface area contributed by atoms with Crippen LogP contribution >= 0.6 is 11.3 Å². The van der Waals surface area contributed by atoms with Crippen LogP contribution in [0.15, 0.2) is 17.0 Å². The molecule has 68 valence electrons. The molecule has 1 heterocycles. The minimum Gasteiger partial charge on any atom is -0.298 e. The number of allylic oxidation sites excluding steroid dienone is 1. The predicted octanol–water partition coefficient (Wildman–Crippen LogP) is 2.55. The molecule has 0 bridgehead atoms. The summed E-state index contributed by atoms with van der Waals surface area (Å²) >= 11 is 1.46. The summed E-state index contributed by atoms with van der Waals surface area (Å²) in [6, 6.07) is 1.75. The van der Waals surface area contributed by atoms with E-state index in [1.54, 1.807) is 19.1 Å². The zero-order chi connectivity index (χ0) is 9.84. The van der Waals surface area contributed by atoms with Gasteiger partial charge in [0.05, 0.1) is 0 Å². The molecule has 0 aliphatic rings. The van der Waals surface area contributed by atoms with Gasteiger partial charge in [0.15, 0.2) is 12.1 Å². The number of hydrogen-bond donors (Lipinski definition) is 0. The van der Waals surface area contributed by atoms with E-state index >= 15 is 0 Å². The van der Waals surface area contributed by atoms with Crippen molar-refractivity contribution in [3.05, 3.63) is 27.5 Å². The molecule has 0 saturated heterocycles.